The molecule has 0 saturated heterocycles. The Morgan fingerprint density at radius 3 is 2.47 bits per heavy atom. The predicted octanol–water partition coefficient (Wildman–Crippen LogP) is 5.49. The number of benzene rings is 2. The molecule has 3 rings (SSSR count). The van der Waals surface area contributed by atoms with Crippen molar-refractivity contribution in [2.24, 2.45) is 0 Å². The van der Waals surface area contributed by atoms with Crippen LogP contribution in [0.5, 0.6) is 0 Å². The van der Waals surface area contributed by atoms with Crippen molar-refractivity contribution in [3.8, 4) is 0 Å². The van der Waals surface area contributed by atoms with E-state index in [1.54, 1.807) is 0 Å². The first-order chi connectivity index (χ1) is 9.13. The Morgan fingerprint density at radius 2 is 1.79 bits per heavy atom. The highest BCUT2D eigenvalue weighted by molar-refractivity contribution is 7.22. The second-order valence-corrected chi connectivity index (χ2v) is 5.70. The predicted molar refractivity (Wildman–Crippen MR) is 79.3 cm³/mol. The zero-order valence-electron chi connectivity index (χ0n) is 9.45. The van der Waals surface area contributed by atoms with Crippen LogP contribution in [-0.2, 0) is 0 Å². The summed E-state index contributed by atoms with van der Waals surface area (Å²) < 4.78 is 14.2. The molecule has 0 amide bonds. The highest BCUT2D eigenvalue weighted by Crippen LogP contribution is 2.36. The summed E-state index contributed by atoms with van der Waals surface area (Å²) in [5.74, 6) is -0.468. The molecule has 1 N–H and O–H groups in total. The number of halogens is 3. The van der Waals surface area contributed by atoms with Crippen LogP contribution in [0.25, 0.3) is 10.2 Å². The fourth-order valence-electron chi connectivity index (χ4n) is 1.69. The smallest absolute Gasteiger partial charge is 0.188 e. The molecule has 0 atom stereocenters. The second kappa shape index (κ2) is 4.96. The summed E-state index contributed by atoms with van der Waals surface area (Å²) in [5, 5.41) is 4.15. The molecule has 19 heavy (non-hydrogen) atoms. The fourth-order valence-corrected chi connectivity index (χ4v) is 3.12. The first-order valence-corrected chi connectivity index (χ1v) is 6.98. The Hall–Kier alpha value is -1.36. The van der Waals surface area contributed by atoms with Gasteiger partial charge in [0, 0.05) is 0 Å². The molecule has 0 aliphatic rings. The molecule has 2 aromatic carbocycles. The molecule has 0 unspecified atom stereocenters. The van der Waals surface area contributed by atoms with Crippen LogP contribution in [0.4, 0.5) is 15.2 Å². The van der Waals surface area contributed by atoms with Gasteiger partial charge in [-0.15, -0.1) is 0 Å². The van der Waals surface area contributed by atoms with Crippen LogP contribution in [0.1, 0.15) is 0 Å². The average Bonchev–Trinajstić information content (AvgIpc) is 2.76. The van der Waals surface area contributed by atoms with Crippen molar-refractivity contribution in [3.05, 3.63) is 52.3 Å². The highest BCUT2D eigenvalue weighted by Gasteiger charge is 2.11. The third kappa shape index (κ3) is 2.52. The van der Waals surface area contributed by atoms with Crippen LogP contribution in [0, 0.1) is 5.82 Å². The van der Waals surface area contributed by atoms with Crippen LogP contribution in [0.15, 0.2) is 36.4 Å². The van der Waals surface area contributed by atoms with E-state index in [-0.39, 0.29) is 10.0 Å². The number of anilines is 2. The number of rotatable bonds is 2. The lowest BCUT2D eigenvalue weighted by Crippen LogP contribution is -1.92. The number of aromatic nitrogens is 1. The maximum Gasteiger partial charge on any atom is 0.188 e. The van der Waals surface area contributed by atoms with Gasteiger partial charge in [-0.2, -0.15) is 0 Å². The molecule has 1 aromatic heterocycles. The molecule has 0 spiro atoms. The first kappa shape index (κ1) is 12.7. The van der Waals surface area contributed by atoms with Crippen molar-refractivity contribution in [1.82, 2.24) is 4.98 Å². The molecular formula is C13H7Cl2FN2S. The standard InChI is InChI=1S/C13H7Cl2FN2S/c14-8-5-7(16)6-9(15)12(8)18-13-17-10-3-1-2-4-11(10)19-13/h1-6H,(H,17,18). The van der Waals surface area contributed by atoms with Crippen LogP contribution < -0.4 is 5.32 Å². The molecular weight excluding hydrogens is 306 g/mol. The van der Waals surface area contributed by atoms with Gasteiger partial charge in [0.25, 0.3) is 0 Å². The minimum absolute atomic E-state index is 0.226. The van der Waals surface area contributed by atoms with Gasteiger partial charge in [-0.1, -0.05) is 46.7 Å². The monoisotopic (exact) mass is 312 g/mol. The van der Waals surface area contributed by atoms with Crippen molar-refractivity contribution in [1.29, 1.82) is 0 Å². The zero-order valence-corrected chi connectivity index (χ0v) is 11.8. The number of hydrogen-bond donors (Lipinski definition) is 1. The number of nitrogens with one attached hydrogen (secondary N) is 1. The van der Waals surface area contributed by atoms with E-state index in [4.69, 9.17) is 23.2 Å². The summed E-state index contributed by atoms with van der Waals surface area (Å²) in [6.07, 6.45) is 0. The van der Waals surface area contributed by atoms with Gasteiger partial charge in [0.15, 0.2) is 5.13 Å². The van der Waals surface area contributed by atoms with Crippen molar-refractivity contribution < 1.29 is 4.39 Å². The van der Waals surface area contributed by atoms with Crippen molar-refractivity contribution in [3.63, 3.8) is 0 Å². The first-order valence-electron chi connectivity index (χ1n) is 5.40. The Kier molecular flexibility index (Phi) is 3.31. The minimum Gasteiger partial charge on any atom is -0.329 e. The molecule has 0 saturated carbocycles. The summed E-state index contributed by atoms with van der Waals surface area (Å²) in [6, 6.07) is 10.2. The summed E-state index contributed by atoms with van der Waals surface area (Å²) in [4.78, 5) is 4.41. The topological polar surface area (TPSA) is 24.9 Å². The summed E-state index contributed by atoms with van der Waals surface area (Å²) in [7, 11) is 0. The van der Waals surface area contributed by atoms with Gasteiger partial charge in [-0.25, -0.2) is 9.37 Å². The molecule has 0 radical (unpaired) electrons. The lowest BCUT2D eigenvalue weighted by atomic mass is 10.3. The third-order valence-electron chi connectivity index (χ3n) is 2.53. The van der Waals surface area contributed by atoms with Gasteiger partial charge in [0.05, 0.1) is 25.9 Å². The van der Waals surface area contributed by atoms with Crippen molar-refractivity contribution in [2.75, 3.05) is 5.32 Å². The summed E-state index contributed by atoms with van der Waals surface area (Å²) in [5.41, 5.74) is 1.35. The van der Waals surface area contributed by atoms with Crippen molar-refractivity contribution in [2.45, 2.75) is 0 Å². The van der Waals surface area contributed by atoms with E-state index < -0.39 is 5.82 Å². The number of nitrogens with zero attached hydrogens (tertiary/aromatic N) is 1. The van der Waals surface area contributed by atoms with E-state index in [0.717, 1.165) is 10.2 Å². The van der Waals surface area contributed by atoms with Gasteiger partial charge in [-0.3, -0.25) is 0 Å². The maximum atomic E-state index is 13.1. The Labute approximate surface area is 122 Å². The van der Waals surface area contributed by atoms with E-state index in [9.17, 15) is 4.39 Å². The molecule has 6 heteroatoms. The van der Waals surface area contributed by atoms with Crippen LogP contribution in [-0.4, -0.2) is 4.98 Å². The third-order valence-corrected chi connectivity index (χ3v) is 4.08. The molecule has 96 valence electrons. The lowest BCUT2D eigenvalue weighted by Gasteiger charge is -2.07. The number of para-hydroxylation sites is 1. The Balaban J connectivity index is 2.01. The van der Waals surface area contributed by atoms with Crippen LogP contribution in [0.2, 0.25) is 10.0 Å². The molecule has 3 aromatic rings. The molecule has 0 aliphatic heterocycles. The highest BCUT2D eigenvalue weighted by atomic mass is 35.5. The minimum atomic E-state index is -0.468. The zero-order chi connectivity index (χ0) is 13.4. The van der Waals surface area contributed by atoms with Crippen molar-refractivity contribution >= 4 is 55.6 Å². The van der Waals surface area contributed by atoms with Gasteiger partial charge in [-0.05, 0) is 24.3 Å². The number of thiazole rings is 1. The Bertz CT molecular complexity index is 701. The second-order valence-electron chi connectivity index (χ2n) is 3.86. The van der Waals surface area contributed by atoms with E-state index in [0.29, 0.717) is 10.8 Å². The number of fused-ring (bicyclic) bond motifs is 1. The van der Waals surface area contributed by atoms with E-state index in [1.807, 2.05) is 24.3 Å². The SMILES string of the molecule is Fc1cc(Cl)c(Nc2nc3ccccc3s2)c(Cl)c1. The molecule has 0 aliphatic carbocycles. The van der Waals surface area contributed by atoms with Gasteiger partial charge >= 0.3 is 0 Å². The van der Waals surface area contributed by atoms with E-state index in [2.05, 4.69) is 10.3 Å². The molecule has 0 fully saturated rings. The number of hydrogen-bond acceptors (Lipinski definition) is 3. The van der Waals surface area contributed by atoms with Gasteiger partial charge < -0.3 is 5.32 Å². The lowest BCUT2D eigenvalue weighted by molar-refractivity contribution is 0.628. The van der Waals surface area contributed by atoms with Gasteiger partial charge in [0.2, 0.25) is 0 Å². The molecule has 2 nitrogen and oxygen atoms in total. The molecule has 1 heterocycles. The summed E-state index contributed by atoms with van der Waals surface area (Å²) in [6.45, 7) is 0. The van der Waals surface area contributed by atoms with Crippen LogP contribution in [0.3, 0.4) is 0 Å². The average molecular weight is 313 g/mol. The largest absolute Gasteiger partial charge is 0.329 e. The Morgan fingerprint density at radius 1 is 1.11 bits per heavy atom. The normalized spacial score (nSPS) is 10.9. The maximum absolute atomic E-state index is 13.1. The van der Waals surface area contributed by atoms with Gasteiger partial charge in [0.1, 0.15) is 5.82 Å². The van der Waals surface area contributed by atoms with E-state index >= 15 is 0 Å². The van der Waals surface area contributed by atoms with E-state index in [1.165, 1.54) is 23.5 Å². The summed E-state index contributed by atoms with van der Waals surface area (Å²) >= 11 is 13.4. The van der Waals surface area contributed by atoms with Crippen LogP contribution >= 0.6 is 34.5 Å². The molecule has 0 bridgehead atoms. The quantitative estimate of drug-likeness (QED) is 0.677. The fraction of sp³-hybridized carbons (Fsp3) is 0.